The Hall–Kier alpha value is -0.990. The fourth-order valence-corrected chi connectivity index (χ4v) is 5.99. The molecule has 45 heavy (non-hydrogen) atoms. The average Bonchev–Trinajstić information content (AvgIpc) is 3.02. The lowest BCUT2D eigenvalue weighted by molar-refractivity contribution is -0.161. The molecule has 3 N–H and O–H groups in total. The Kier molecular flexibility index (Phi) is 32.2. The number of hydrogen-bond donors (Lipinski definition) is 2. The minimum absolute atomic E-state index is 0.0573. The van der Waals surface area contributed by atoms with Gasteiger partial charge in [-0.15, -0.1) is 0 Å². The van der Waals surface area contributed by atoms with Crippen molar-refractivity contribution in [3.63, 3.8) is 0 Å². The third kappa shape index (κ3) is 32.7. The van der Waals surface area contributed by atoms with E-state index in [0.717, 1.165) is 38.5 Å². The van der Waals surface area contributed by atoms with Crippen LogP contribution in [-0.4, -0.2) is 49.3 Å². The van der Waals surface area contributed by atoms with E-state index in [0.29, 0.717) is 6.42 Å². The molecule has 0 aromatic heterocycles. The van der Waals surface area contributed by atoms with Crippen LogP contribution < -0.4 is 5.73 Å². The molecule has 0 radical (unpaired) electrons. The number of ether oxygens (including phenoxy) is 2. The van der Waals surface area contributed by atoms with E-state index in [1.165, 1.54) is 109 Å². The third-order valence-corrected chi connectivity index (χ3v) is 8.98. The predicted molar refractivity (Wildman–Crippen MR) is 183 cm³/mol. The molecule has 10 heteroatoms. The summed E-state index contributed by atoms with van der Waals surface area (Å²) in [4.78, 5) is 34.4. The van der Waals surface area contributed by atoms with Crippen molar-refractivity contribution in [2.45, 2.75) is 187 Å². The highest BCUT2D eigenvalue weighted by Crippen LogP contribution is 2.43. The number of phosphoric ester groups is 1. The molecule has 0 aromatic carbocycles. The zero-order valence-electron chi connectivity index (χ0n) is 29.1. The first-order valence-electron chi connectivity index (χ1n) is 18.5. The number of rotatable bonds is 35. The first kappa shape index (κ1) is 44.0. The molecule has 2 atom stereocenters. The summed E-state index contributed by atoms with van der Waals surface area (Å²) in [6.45, 7) is 3.67. The van der Waals surface area contributed by atoms with E-state index in [1.807, 2.05) is 0 Å². The van der Waals surface area contributed by atoms with E-state index in [-0.39, 0.29) is 38.6 Å². The van der Waals surface area contributed by atoms with Gasteiger partial charge in [0.25, 0.3) is 0 Å². The molecule has 0 aliphatic rings. The summed E-state index contributed by atoms with van der Waals surface area (Å²) in [5.41, 5.74) is 5.31. The Labute approximate surface area is 276 Å². The highest BCUT2D eigenvalue weighted by molar-refractivity contribution is 7.47. The molecular weight excluding hydrogens is 593 g/mol. The number of carbonyl (C=O) groups is 2. The molecule has 2 unspecified atom stereocenters. The van der Waals surface area contributed by atoms with Gasteiger partial charge in [-0.05, 0) is 12.8 Å². The number of carbonyl (C=O) groups excluding carboxylic acids is 2. The molecule has 0 heterocycles. The van der Waals surface area contributed by atoms with Gasteiger partial charge in [0, 0.05) is 19.4 Å². The fourth-order valence-electron chi connectivity index (χ4n) is 5.22. The van der Waals surface area contributed by atoms with Gasteiger partial charge in [-0.1, -0.05) is 155 Å². The first-order valence-corrected chi connectivity index (χ1v) is 20.0. The fraction of sp³-hybridized carbons (Fsp3) is 0.943. The van der Waals surface area contributed by atoms with Crippen molar-refractivity contribution in [1.82, 2.24) is 0 Å². The van der Waals surface area contributed by atoms with Gasteiger partial charge in [0.2, 0.25) is 0 Å². The Morgan fingerprint density at radius 1 is 0.578 bits per heavy atom. The van der Waals surface area contributed by atoms with E-state index in [2.05, 4.69) is 13.8 Å². The summed E-state index contributed by atoms with van der Waals surface area (Å²) in [5.74, 6) is -0.829. The normalized spacial score (nSPS) is 13.4. The highest BCUT2D eigenvalue weighted by Gasteiger charge is 2.25. The van der Waals surface area contributed by atoms with Gasteiger partial charge in [-0.2, -0.15) is 0 Å². The summed E-state index contributed by atoms with van der Waals surface area (Å²) in [6.07, 6.45) is 28.8. The molecule has 0 rings (SSSR count). The van der Waals surface area contributed by atoms with E-state index < -0.39 is 26.5 Å². The Morgan fingerprint density at radius 3 is 1.36 bits per heavy atom. The summed E-state index contributed by atoms with van der Waals surface area (Å²) in [6, 6.07) is 0. The van der Waals surface area contributed by atoms with E-state index in [9.17, 15) is 19.0 Å². The number of unbranched alkanes of at least 4 members (excludes halogenated alkanes) is 22. The Balaban J connectivity index is 4.06. The van der Waals surface area contributed by atoms with E-state index in [1.54, 1.807) is 0 Å². The van der Waals surface area contributed by atoms with Gasteiger partial charge >= 0.3 is 19.8 Å². The highest BCUT2D eigenvalue weighted by atomic mass is 31.2. The van der Waals surface area contributed by atoms with Gasteiger partial charge in [0.1, 0.15) is 6.61 Å². The van der Waals surface area contributed by atoms with Crippen LogP contribution in [0.25, 0.3) is 0 Å². The number of nitrogens with two attached hydrogens (primary N) is 1. The van der Waals surface area contributed by atoms with Crippen LogP contribution in [0.15, 0.2) is 0 Å². The van der Waals surface area contributed by atoms with Crippen LogP contribution in [0, 0.1) is 0 Å². The van der Waals surface area contributed by atoms with Crippen LogP contribution in [-0.2, 0) is 32.7 Å². The van der Waals surface area contributed by atoms with Crippen molar-refractivity contribution in [2.24, 2.45) is 5.73 Å². The second-order valence-electron chi connectivity index (χ2n) is 12.5. The number of esters is 2. The minimum Gasteiger partial charge on any atom is -0.462 e. The topological polar surface area (TPSA) is 134 Å². The second kappa shape index (κ2) is 32.9. The molecule has 0 amide bonds. The second-order valence-corrected chi connectivity index (χ2v) is 13.9. The molecule has 0 aromatic rings. The summed E-state index contributed by atoms with van der Waals surface area (Å²) in [5, 5.41) is 0. The van der Waals surface area contributed by atoms with Crippen LogP contribution in [0.3, 0.4) is 0 Å². The summed E-state index contributed by atoms with van der Waals surface area (Å²) >= 11 is 0. The largest absolute Gasteiger partial charge is 0.472 e. The monoisotopic (exact) mass is 663 g/mol. The first-order chi connectivity index (χ1) is 21.8. The van der Waals surface area contributed by atoms with Gasteiger partial charge in [-0.3, -0.25) is 18.6 Å². The van der Waals surface area contributed by atoms with E-state index >= 15 is 0 Å². The van der Waals surface area contributed by atoms with Crippen LogP contribution in [0.5, 0.6) is 0 Å². The molecule has 0 saturated carbocycles. The van der Waals surface area contributed by atoms with Gasteiger partial charge in [0.15, 0.2) is 6.10 Å². The van der Waals surface area contributed by atoms with E-state index in [4.69, 9.17) is 24.3 Å². The minimum atomic E-state index is -4.35. The molecule has 9 nitrogen and oxygen atoms in total. The lowest BCUT2D eigenvalue weighted by Gasteiger charge is -2.19. The molecule has 0 aliphatic carbocycles. The van der Waals surface area contributed by atoms with Gasteiger partial charge in [0.05, 0.1) is 13.2 Å². The molecule has 0 aliphatic heterocycles. The van der Waals surface area contributed by atoms with Crippen molar-refractivity contribution >= 4 is 19.8 Å². The number of hydrogen-bond acceptors (Lipinski definition) is 8. The Morgan fingerprint density at radius 2 is 0.956 bits per heavy atom. The summed E-state index contributed by atoms with van der Waals surface area (Å²) < 4.78 is 32.5. The van der Waals surface area contributed by atoms with Crippen LogP contribution in [0.2, 0.25) is 0 Å². The molecule has 0 saturated heterocycles. The van der Waals surface area contributed by atoms with Crippen molar-refractivity contribution in [3.8, 4) is 0 Å². The van der Waals surface area contributed by atoms with Crippen LogP contribution in [0.1, 0.15) is 181 Å². The quantitative estimate of drug-likeness (QED) is 0.0386. The van der Waals surface area contributed by atoms with Crippen molar-refractivity contribution in [1.29, 1.82) is 0 Å². The predicted octanol–water partition coefficient (Wildman–Crippen LogP) is 9.72. The molecular formula is C35H70NO8P. The lowest BCUT2D eigenvalue weighted by atomic mass is 10.0. The lowest BCUT2D eigenvalue weighted by Crippen LogP contribution is -2.29. The molecule has 0 bridgehead atoms. The van der Waals surface area contributed by atoms with Crippen molar-refractivity contribution in [3.05, 3.63) is 0 Å². The molecule has 0 fully saturated rings. The zero-order valence-corrected chi connectivity index (χ0v) is 30.0. The van der Waals surface area contributed by atoms with Crippen molar-refractivity contribution in [2.75, 3.05) is 26.4 Å². The summed E-state index contributed by atoms with van der Waals surface area (Å²) in [7, 11) is -4.35. The molecule has 268 valence electrons. The maximum absolute atomic E-state index is 12.5. The zero-order chi connectivity index (χ0) is 33.3. The SMILES string of the molecule is CCCCCCCCCCCCCCCCCCCCC(=O)OC(COC(=O)CCCCCCCC)COP(=O)(O)OCCN. The van der Waals surface area contributed by atoms with Crippen molar-refractivity contribution < 1.29 is 37.6 Å². The standard InChI is InChI=1S/C35H70NO8P/c1-3-5-7-9-11-12-13-14-15-16-17-18-19-20-21-22-24-26-28-35(38)44-33(32-43-45(39,40)42-30-29-36)31-41-34(37)27-25-23-10-8-6-4-2/h33H,3-32,36H2,1-2H3,(H,39,40). The Bertz CT molecular complexity index is 724. The van der Waals surface area contributed by atoms with Crippen LogP contribution in [0.4, 0.5) is 0 Å². The maximum Gasteiger partial charge on any atom is 0.472 e. The average molecular weight is 664 g/mol. The third-order valence-electron chi connectivity index (χ3n) is 7.99. The van der Waals surface area contributed by atoms with Crippen LogP contribution >= 0.6 is 7.82 Å². The van der Waals surface area contributed by atoms with Gasteiger partial charge in [-0.25, -0.2) is 4.57 Å². The maximum atomic E-state index is 12.5. The van der Waals surface area contributed by atoms with Gasteiger partial charge < -0.3 is 20.1 Å². The number of phosphoric acid groups is 1. The smallest absolute Gasteiger partial charge is 0.462 e. The molecule has 0 spiro atoms.